The largest absolute Gasteiger partial charge is 0.494 e. The van der Waals surface area contributed by atoms with Crippen molar-refractivity contribution in [2.75, 3.05) is 17.7 Å². The molecule has 0 aliphatic carbocycles. The predicted molar refractivity (Wildman–Crippen MR) is 114 cm³/mol. The number of hydrogen-bond acceptors (Lipinski definition) is 6. The van der Waals surface area contributed by atoms with Crippen molar-refractivity contribution in [3.8, 4) is 17.2 Å². The Hall–Kier alpha value is -2.07. The van der Waals surface area contributed by atoms with E-state index in [1.165, 1.54) is 11.8 Å². The molecule has 8 heteroatoms. The minimum atomic E-state index is -0.120. The lowest BCUT2D eigenvalue weighted by Crippen LogP contribution is -2.14. The number of nitrogens with zero attached hydrogens (tertiary/aromatic N) is 2. The van der Waals surface area contributed by atoms with E-state index in [0.717, 1.165) is 26.1 Å². The SMILES string of the molecule is CCOc1ccc(-c2nnc(SCC(=O)Nc3ccc(I)cc3C)o2)cc1. The molecule has 27 heavy (non-hydrogen) atoms. The van der Waals surface area contributed by atoms with Crippen LogP contribution < -0.4 is 10.1 Å². The monoisotopic (exact) mass is 495 g/mol. The highest BCUT2D eigenvalue weighted by Crippen LogP contribution is 2.25. The van der Waals surface area contributed by atoms with Crippen LogP contribution in [0.4, 0.5) is 5.69 Å². The maximum atomic E-state index is 12.2. The van der Waals surface area contributed by atoms with E-state index in [0.29, 0.717) is 17.7 Å². The summed E-state index contributed by atoms with van der Waals surface area (Å²) in [5.74, 6) is 1.27. The van der Waals surface area contributed by atoms with Crippen LogP contribution >= 0.6 is 34.4 Å². The van der Waals surface area contributed by atoms with Crippen molar-refractivity contribution >= 4 is 45.9 Å². The minimum Gasteiger partial charge on any atom is -0.494 e. The second-order valence-electron chi connectivity index (χ2n) is 5.63. The van der Waals surface area contributed by atoms with Gasteiger partial charge in [0.05, 0.1) is 12.4 Å². The summed E-state index contributed by atoms with van der Waals surface area (Å²) < 4.78 is 12.2. The maximum Gasteiger partial charge on any atom is 0.277 e. The Balaban J connectivity index is 1.56. The first kappa shape index (κ1) is 19.7. The number of thioether (sulfide) groups is 1. The number of aryl methyl sites for hydroxylation is 1. The molecule has 2 aromatic carbocycles. The van der Waals surface area contributed by atoms with Crippen LogP contribution in [0.5, 0.6) is 5.75 Å². The van der Waals surface area contributed by atoms with Gasteiger partial charge >= 0.3 is 0 Å². The van der Waals surface area contributed by atoms with Crippen molar-refractivity contribution < 1.29 is 13.9 Å². The number of carbonyl (C=O) groups excluding carboxylic acids is 1. The third-order valence-corrected chi connectivity index (χ3v) is 5.10. The molecule has 0 fully saturated rings. The first-order valence-electron chi connectivity index (χ1n) is 8.30. The number of amides is 1. The van der Waals surface area contributed by atoms with Gasteiger partial charge in [0.15, 0.2) is 0 Å². The second kappa shape index (κ2) is 9.23. The molecule has 0 saturated heterocycles. The Morgan fingerprint density at radius 3 is 2.70 bits per heavy atom. The Morgan fingerprint density at radius 1 is 1.22 bits per heavy atom. The van der Waals surface area contributed by atoms with Crippen molar-refractivity contribution in [2.45, 2.75) is 19.1 Å². The number of anilines is 1. The molecular weight excluding hydrogens is 477 g/mol. The summed E-state index contributed by atoms with van der Waals surface area (Å²) in [6.45, 7) is 4.52. The standard InChI is InChI=1S/C19H18IN3O3S/c1-3-25-15-7-4-13(5-8-15)18-22-23-19(26-18)27-11-17(24)21-16-9-6-14(20)10-12(16)2/h4-10H,3,11H2,1-2H3,(H,21,24). The van der Waals surface area contributed by atoms with Gasteiger partial charge in [0, 0.05) is 14.8 Å². The zero-order valence-corrected chi connectivity index (χ0v) is 17.8. The van der Waals surface area contributed by atoms with Crippen molar-refractivity contribution in [1.29, 1.82) is 0 Å². The number of halogens is 1. The highest BCUT2D eigenvalue weighted by Gasteiger charge is 2.12. The fourth-order valence-corrected chi connectivity index (χ4v) is 3.54. The summed E-state index contributed by atoms with van der Waals surface area (Å²) in [4.78, 5) is 12.2. The average Bonchev–Trinajstić information content (AvgIpc) is 3.12. The summed E-state index contributed by atoms with van der Waals surface area (Å²) in [6, 6.07) is 13.3. The smallest absolute Gasteiger partial charge is 0.277 e. The Morgan fingerprint density at radius 2 is 2.00 bits per heavy atom. The van der Waals surface area contributed by atoms with Crippen LogP contribution in [0.15, 0.2) is 52.1 Å². The molecule has 0 unspecified atom stereocenters. The van der Waals surface area contributed by atoms with Gasteiger partial charge in [-0.2, -0.15) is 0 Å². The molecule has 140 valence electrons. The number of benzene rings is 2. The molecule has 0 radical (unpaired) electrons. The normalized spacial score (nSPS) is 10.6. The molecule has 3 aromatic rings. The Labute approximate surface area is 175 Å². The number of carbonyl (C=O) groups is 1. The lowest BCUT2D eigenvalue weighted by molar-refractivity contribution is -0.113. The van der Waals surface area contributed by atoms with E-state index in [9.17, 15) is 4.79 Å². The van der Waals surface area contributed by atoms with Gasteiger partial charge in [-0.3, -0.25) is 4.79 Å². The van der Waals surface area contributed by atoms with E-state index in [-0.39, 0.29) is 11.7 Å². The Bertz CT molecular complexity index is 928. The number of hydrogen-bond donors (Lipinski definition) is 1. The minimum absolute atomic E-state index is 0.120. The molecule has 3 rings (SSSR count). The topological polar surface area (TPSA) is 77.2 Å². The summed E-state index contributed by atoms with van der Waals surface area (Å²) in [7, 11) is 0. The van der Waals surface area contributed by atoms with E-state index < -0.39 is 0 Å². The molecule has 1 aromatic heterocycles. The van der Waals surface area contributed by atoms with Gasteiger partial charge in [-0.05, 0) is 84.5 Å². The molecule has 0 spiro atoms. The van der Waals surface area contributed by atoms with Gasteiger partial charge in [-0.15, -0.1) is 10.2 Å². The van der Waals surface area contributed by atoms with E-state index in [1.54, 1.807) is 0 Å². The van der Waals surface area contributed by atoms with E-state index >= 15 is 0 Å². The van der Waals surface area contributed by atoms with E-state index in [4.69, 9.17) is 9.15 Å². The second-order valence-corrected chi connectivity index (χ2v) is 7.80. The van der Waals surface area contributed by atoms with Crippen molar-refractivity contribution in [3.05, 3.63) is 51.6 Å². The summed E-state index contributed by atoms with van der Waals surface area (Å²) in [5.41, 5.74) is 2.63. The summed E-state index contributed by atoms with van der Waals surface area (Å²) in [5, 5.41) is 11.3. The van der Waals surface area contributed by atoms with Crippen LogP contribution in [0, 0.1) is 10.5 Å². The summed E-state index contributed by atoms with van der Waals surface area (Å²) in [6.07, 6.45) is 0. The zero-order chi connectivity index (χ0) is 19.2. The molecule has 0 aliphatic rings. The molecule has 0 atom stereocenters. The van der Waals surface area contributed by atoms with Gasteiger partial charge in [-0.25, -0.2) is 0 Å². The average molecular weight is 495 g/mol. The van der Waals surface area contributed by atoms with Crippen molar-refractivity contribution in [3.63, 3.8) is 0 Å². The van der Waals surface area contributed by atoms with Gasteiger partial charge in [-0.1, -0.05) is 11.8 Å². The molecule has 6 nitrogen and oxygen atoms in total. The first-order valence-corrected chi connectivity index (χ1v) is 10.4. The van der Waals surface area contributed by atoms with Crippen molar-refractivity contribution in [1.82, 2.24) is 10.2 Å². The molecule has 1 amide bonds. The quantitative estimate of drug-likeness (QED) is 0.376. The fraction of sp³-hybridized carbons (Fsp3) is 0.211. The van der Waals surface area contributed by atoms with Gasteiger partial charge in [0.1, 0.15) is 5.75 Å². The Kier molecular flexibility index (Phi) is 6.73. The lowest BCUT2D eigenvalue weighted by atomic mass is 10.2. The molecule has 0 saturated carbocycles. The third kappa shape index (κ3) is 5.46. The predicted octanol–water partition coefficient (Wildman–Crippen LogP) is 4.78. The van der Waals surface area contributed by atoms with Gasteiger partial charge in [0.2, 0.25) is 11.8 Å². The van der Waals surface area contributed by atoms with E-state index in [1.807, 2.05) is 56.3 Å². The highest BCUT2D eigenvalue weighted by molar-refractivity contribution is 14.1. The number of aromatic nitrogens is 2. The van der Waals surface area contributed by atoms with E-state index in [2.05, 4.69) is 38.1 Å². The lowest BCUT2D eigenvalue weighted by Gasteiger charge is -2.07. The van der Waals surface area contributed by atoms with Crippen LogP contribution in [0.25, 0.3) is 11.5 Å². The molecule has 1 heterocycles. The first-order chi connectivity index (χ1) is 13.0. The number of ether oxygens (including phenoxy) is 1. The zero-order valence-electron chi connectivity index (χ0n) is 14.9. The van der Waals surface area contributed by atoms with Crippen LogP contribution in [-0.2, 0) is 4.79 Å². The van der Waals surface area contributed by atoms with Gasteiger partial charge < -0.3 is 14.5 Å². The number of nitrogens with one attached hydrogen (secondary N) is 1. The van der Waals surface area contributed by atoms with Crippen molar-refractivity contribution in [2.24, 2.45) is 0 Å². The van der Waals surface area contributed by atoms with Crippen LogP contribution in [0.1, 0.15) is 12.5 Å². The fourth-order valence-electron chi connectivity index (χ4n) is 2.33. The number of rotatable bonds is 7. The highest BCUT2D eigenvalue weighted by atomic mass is 127. The maximum absolute atomic E-state index is 12.2. The van der Waals surface area contributed by atoms with Crippen LogP contribution in [0.3, 0.4) is 0 Å². The van der Waals surface area contributed by atoms with Crippen LogP contribution in [-0.4, -0.2) is 28.5 Å². The third-order valence-electron chi connectivity index (χ3n) is 3.61. The molecular formula is C19H18IN3O3S. The van der Waals surface area contributed by atoms with Crippen LogP contribution in [0.2, 0.25) is 0 Å². The summed E-state index contributed by atoms with van der Waals surface area (Å²) >= 11 is 3.45. The molecule has 0 aliphatic heterocycles. The van der Waals surface area contributed by atoms with Gasteiger partial charge in [0.25, 0.3) is 5.22 Å². The molecule has 1 N–H and O–H groups in total. The molecule has 0 bridgehead atoms.